The average Bonchev–Trinajstić information content (AvgIpc) is 2.52. The van der Waals surface area contributed by atoms with Crippen LogP contribution in [0.2, 0.25) is 0 Å². The number of aryl methyl sites for hydroxylation is 1. The number of halogens is 1. The first-order valence-electron chi connectivity index (χ1n) is 7.22. The maximum Gasteiger partial charge on any atom is 0.128 e. The Kier molecular flexibility index (Phi) is 3.62. The third kappa shape index (κ3) is 2.62. The van der Waals surface area contributed by atoms with Crippen LogP contribution < -0.4 is 4.90 Å². The minimum atomic E-state index is -0.246. The molecule has 0 aliphatic carbocycles. The van der Waals surface area contributed by atoms with Gasteiger partial charge in [0, 0.05) is 23.8 Å². The van der Waals surface area contributed by atoms with Crippen LogP contribution in [0, 0.1) is 17.1 Å². The van der Waals surface area contributed by atoms with E-state index in [1.807, 2.05) is 12.1 Å². The van der Waals surface area contributed by atoms with E-state index >= 15 is 0 Å². The Morgan fingerprint density at radius 2 is 2.10 bits per heavy atom. The predicted molar refractivity (Wildman–Crippen MR) is 81.5 cm³/mol. The Morgan fingerprint density at radius 1 is 1.29 bits per heavy atom. The van der Waals surface area contributed by atoms with Gasteiger partial charge in [-0.1, -0.05) is 18.2 Å². The van der Waals surface area contributed by atoms with Crippen molar-refractivity contribution >= 4 is 5.69 Å². The first-order chi connectivity index (χ1) is 10.2. The molecule has 0 fully saturated rings. The third-order valence-corrected chi connectivity index (χ3v) is 4.18. The topological polar surface area (TPSA) is 27.0 Å². The van der Waals surface area contributed by atoms with Gasteiger partial charge in [-0.3, -0.25) is 0 Å². The Bertz CT molecular complexity index is 703. The summed E-state index contributed by atoms with van der Waals surface area (Å²) in [6, 6.07) is 15.3. The lowest BCUT2D eigenvalue weighted by Crippen LogP contribution is -2.36. The summed E-state index contributed by atoms with van der Waals surface area (Å²) in [6.07, 6.45) is 2.13. The zero-order valence-electron chi connectivity index (χ0n) is 12.0. The standard InChI is InChI=1S/C18H17FN2/c1-13-6-8-15-4-2-3-5-18(15)21(13)12-16-10-14(11-20)7-9-17(16)19/h2-5,7,9-10,13H,6,8,12H2,1H3/t13-/m0/s1. The summed E-state index contributed by atoms with van der Waals surface area (Å²) >= 11 is 0. The molecule has 0 aromatic heterocycles. The van der Waals surface area contributed by atoms with Crippen molar-refractivity contribution in [3.63, 3.8) is 0 Å². The van der Waals surface area contributed by atoms with Gasteiger partial charge in [0.05, 0.1) is 11.6 Å². The van der Waals surface area contributed by atoms with Gasteiger partial charge in [0.25, 0.3) is 0 Å². The van der Waals surface area contributed by atoms with Crippen molar-refractivity contribution in [1.82, 2.24) is 0 Å². The smallest absolute Gasteiger partial charge is 0.128 e. The molecule has 0 saturated heterocycles. The average molecular weight is 280 g/mol. The third-order valence-electron chi connectivity index (χ3n) is 4.18. The molecular formula is C18H17FN2. The second kappa shape index (κ2) is 5.57. The SMILES string of the molecule is C[C@H]1CCc2ccccc2N1Cc1cc(C#N)ccc1F. The highest BCUT2D eigenvalue weighted by molar-refractivity contribution is 5.57. The monoisotopic (exact) mass is 280 g/mol. The summed E-state index contributed by atoms with van der Waals surface area (Å²) in [7, 11) is 0. The van der Waals surface area contributed by atoms with E-state index in [4.69, 9.17) is 5.26 Å². The lowest BCUT2D eigenvalue weighted by molar-refractivity contribution is 0.543. The van der Waals surface area contributed by atoms with E-state index in [9.17, 15) is 4.39 Å². The number of hydrogen-bond donors (Lipinski definition) is 0. The highest BCUT2D eigenvalue weighted by Crippen LogP contribution is 2.32. The number of anilines is 1. The number of rotatable bonds is 2. The maximum atomic E-state index is 14.0. The Labute approximate surface area is 124 Å². The lowest BCUT2D eigenvalue weighted by atomic mass is 9.96. The molecule has 0 radical (unpaired) electrons. The second-order valence-electron chi connectivity index (χ2n) is 5.56. The molecule has 0 unspecified atom stereocenters. The van der Waals surface area contributed by atoms with E-state index in [1.165, 1.54) is 23.4 Å². The van der Waals surface area contributed by atoms with Crippen LogP contribution in [-0.2, 0) is 13.0 Å². The minimum absolute atomic E-state index is 0.246. The van der Waals surface area contributed by atoms with Gasteiger partial charge in [0.2, 0.25) is 0 Å². The highest BCUT2D eigenvalue weighted by Gasteiger charge is 2.23. The van der Waals surface area contributed by atoms with E-state index in [0.717, 1.165) is 12.8 Å². The molecule has 0 saturated carbocycles. The van der Waals surface area contributed by atoms with Crippen LogP contribution in [0.25, 0.3) is 0 Å². The van der Waals surface area contributed by atoms with Crippen molar-refractivity contribution in [2.75, 3.05) is 4.90 Å². The van der Waals surface area contributed by atoms with Gasteiger partial charge in [-0.15, -0.1) is 0 Å². The van der Waals surface area contributed by atoms with Crippen molar-refractivity contribution in [3.8, 4) is 6.07 Å². The Balaban J connectivity index is 1.96. The van der Waals surface area contributed by atoms with Crippen LogP contribution in [0.4, 0.5) is 10.1 Å². The van der Waals surface area contributed by atoms with E-state index in [-0.39, 0.29) is 5.82 Å². The van der Waals surface area contributed by atoms with Gasteiger partial charge in [-0.25, -0.2) is 4.39 Å². The number of nitriles is 1. The number of fused-ring (bicyclic) bond motifs is 1. The molecule has 2 aromatic rings. The van der Waals surface area contributed by atoms with Crippen LogP contribution in [-0.4, -0.2) is 6.04 Å². The largest absolute Gasteiger partial charge is 0.364 e. The van der Waals surface area contributed by atoms with Crippen LogP contribution in [0.1, 0.15) is 30.0 Å². The van der Waals surface area contributed by atoms with Crippen molar-refractivity contribution < 1.29 is 4.39 Å². The zero-order chi connectivity index (χ0) is 14.8. The normalized spacial score (nSPS) is 17.2. The Hall–Kier alpha value is -2.34. The predicted octanol–water partition coefficient (Wildman–Crippen LogP) is 4.04. The van der Waals surface area contributed by atoms with Crippen molar-refractivity contribution in [2.45, 2.75) is 32.4 Å². The lowest BCUT2D eigenvalue weighted by Gasteiger charge is -2.37. The number of hydrogen-bond acceptors (Lipinski definition) is 2. The van der Waals surface area contributed by atoms with Gasteiger partial charge in [-0.05, 0) is 49.6 Å². The number of benzene rings is 2. The molecule has 0 amide bonds. The van der Waals surface area contributed by atoms with E-state index in [1.54, 1.807) is 6.07 Å². The minimum Gasteiger partial charge on any atom is -0.364 e. The van der Waals surface area contributed by atoms with E-state index in [0.29, 0.717) is 23.7 Å². The Morgan fingerprint density at radius 3 is 2.90 bits per heavy atom. The fourth-order valence-electron chi connectivity index (χ4n) is 2.95. The quantitative estimate of drug-likeness (QED) is 0.830. The first-order valence-corrected chi connectivity index (χ1v) is 7.22. The molecule has 2 aromatic carbocycles. The second-order valence-corrected chi connectivity index (χ2v) is 5.56. The van der Waals surface area contributed by atoms with Crippen molar-refractivity contribution in [3.05, 3.63) is 65.0 Å². The summed E-state index contributed by atoms with van der Waals surface area (Å²) in [6.45, 7) is 2.67. The van der Waals surface area contributed by atoms with Crippen molar-refractivity contribution in [1.29, 1.82) is 5.26 Å². The molecule has 1 aliphatic rings. The number of nitrogens with zero attached hydrogens (tertiary/aromatic N) is 2. The number of para-hydroxylation sites is 1. The molecule has 1 heterocycles. The first kappa shape index (κ1) is 13.6. The zero-order valence-corrected chi connectivity index (χ0v) is 12.0. The summed E-state index contributed by atoms with van der Waals surface area (Å²) in [5, 5.41) is 8.98. The molecule has 0 spiro atoms. The van der Waals surface area contributed by atoms with Gasteiger partial charge in [0.1, 0.15) is 5.82 Å². The molecule has 0 bridgehead atoms. The molecule has 2 nitrogen and oxygen atoms in total. The molecule has 3 rings (SSSR count). The van der Waals surface area contributed by atoms with Gasteiger partial charge >= 0.3 is 0 Å². The molecule has 0 N–H and O–H groups in total. The molecule has 1 atom stereocenters. The molecular weight excluding hydrogens is 263 g/mol. The summed E-state index contributed by atoms with van der Waals surface area (Å²) in [5.74, 6) is -0.246. The maximum absolute atomic E-state index is 14.0. The van der Waals surface area contributed by atoms with Crippen LogP contribution in [0.5, 0.6) is 0 Å². The van der Waals surface area contributed by atoms with Crippen LogP contribution in [0.15, 0.2) is 42.5 Å². The van der Waals surface area contributed by atoms with Crippen LogP contribution in [0.3, 0.4) is 0 Å². The fourth-order valence-corrected chi connectivity index (χ4v) is 2.95. The summed E-state index contributed by atoms with van der Waals surface area (Å²) in [4.78, 5) is 2.23. The van der Waals surface area contributed by atoms with E-state index in [2.05, 4.69) is 30.0 Å². The molecule has 1 aliphatic heterocycles. The summed E-state index contributed by atoms with van der Waals surface area (Å²) in [5.41, 5.74) is 3.58. The molecule has 106 valence electrons. The highest BCUT2D eigenvalue weighted by atomic mass is 19.1. The van der Waals surface area contributed by atoms with Crippen LogP contribution >= 0.6 is 0 Å². The van der Waals surface area contributed by atoms with Gasteiger partial charge < -0.3 is 4.90 Å². The van der Waals surface area contributed by atoms with Gasteiger partial charge in [0.15, 0.2) is 0 Å². The molecule has 3 heteroatoms. The molecule has 21 heavy (non-hydrogen) atoms. The van der Waals surface area contributed by atoms with Gasteiger partial charge in [-0.2, -0.15) is 5.26 Å². The summed E-state index contributed by atoms with van der Waals surface area (Å²) < 4.78 is 14.0. The fraction of sp³-hybridized carbons (Fsp3) is 0.278. The van der Waals surface area contributed by atoms with E-state index < -0.39 is 0 Å². The van der Waals surface area contributed by atoms with Crippen molar-refractivity contribution in [2.24, 2.45) is 0 Å².